The van der Waals surface area contributed by atoms with E-state index in [-0.39, 0.29) is 17.4 Å². The van der Waals surface area contributed by atoms with Crippen molar-refractivity contribution in [1.82, 2.24) is 0 Å². The van der Waals surface area contributed by atoms with E-state index in [1.54, 1.807) is 19.1 Å². The van der Waals surface area contributed by atoms with Crippen LogP contribution in [0.3, 0.4) is 0 Å². The first kappa shape index (κ1) is 14.3. The second-order valence-corrected chi connectivity index (χ2v) is 6.49. The van der Waals surface area contributed by atoms with Gasteiger partial charge in [0.2, 0.25) is 0 Å². The first-order valence-electron chi connectivity index (χ1n) is 5.32. The molecule has 0 radical (unpaired) electrons. The molecule has 0 aliphatic rings. The van der Waals surface area contributed by atoms with Crippen molar-refractivity contribution in [2.24, 2.45) is 5.73 Å². The third-order valence-corrected chi connectivity index (χ3v) is 3.39. The lowest BCUT2D eigenvalue weighted by Crippen LogP contribution is -2.25. The normalized spacial score (nSPS) is 13.0. The maximum Gasteiger partial charge on any atom is 0.250 e. The van der Waals surface area contributed by atoms with Crippen molar-refractivity contribution in [3.8, 4) is 0 Å². The van der Waals surface area contributed by atoms with E-state index in [4.69, 9.17) is 11.5 Å². The Kier molecular flexibility index (Phi) is 4.18. The van der Waals surface area contributed by atoms with Gasteiger partial charge in [-0.15, -0.1) is 0 Å². The summed E-state index contributed by atoms with van der Waals surface area (Å²) < 4.78 is 22.3. The topological polar surface area (TPSA) is 115 Å². The van der Waals surface area contributed by atoms with Crippen molar-refractivity contribution in [2.75, 3.05) is 23.1 Å². The van der Waals surface area contributed by atoms with E-state index in [1.165, 1.54) is 12.3 Å². The van der Waals surface area contributed by atoms with Crippen molar-refractivity contribution in [2.45, 2.75) is 13.0 Å². The van der Waals surface area contributed by atoms with Crippen molar-refractivity contribution in [3.05, 3.63) is 23.8 Å². The Morgan fingerprint density at radius 3 is 2.56 bits per heavy atom. The molecule has 0 bridgehead atoms. The number of amides is 1. The summed E-state index contributed by atoms with van der Waals surface area (Å²) in [6.45, 7) is 1.74. The third kappa shape index (κ3) is 4.25. The number of benzene rings is 1. The zero-order valence-corrected chi connectivity index (χ0v) is 11.1. The number of hydrogen-bond acceptors (Lipinski definition) is 5. The molecule has 0 saturated carbocycles. The van der Waals surface area contributed by atoms with E-state index in [9.17, 15) is 13.2 Å². The molecular weight excluding hydrogens is 254 g/mol. The number of nitrogens with one attached hydrogen (secondary N) is 1. The maximum absolute atomic E-state index is 11.1. The molecule has 0 fully saturated rings. The predicted molar refractivity (Wildman–Crippen MR) is 72.2 cm³/mol. The molecule has 0 saturated heterocycles. The molecule has 18 heavy (non-hydrogen) atoms. The van der Waals surface area contributed by atoms with Gasteiger partial charge in [-0.2, -0.15) is 0 Å². The molecule has 1 unspecified atom stereocenters. The van der Waals surface area contributed by atoms with Gasteiger partial charge < -0.3 is 16.8 Å². The van der Waals surface area contributed by atoms with E-state index in [1.807, 2.05) is 0 Å². The summed E-state index contributed by atoms with van der Waals surface area (Å²) in [5, 5.41) is 2.98. The van der Waals surface area contributed by atoms with Crippen LogP contribution in [0.2, 0.25) is 0 Å². The van der Waals surface area contributed by atoms with Gasteiger partial charge in [0.15, 0.2) is 0 Å². The Morgan fingerprint density at radius 2 is 2.06 bits per heavy atom. The lowest BCUT2D eigenvalue weighted by atomic mass is 10.1. The van der Waals surface area contributed by atoms with Gasteiger partial charge in [-0.05, 0) is 25.1 Å². The van der Waals surface area contributed by atoms with Gasteiger partial charge in [0.05, 0.1) is 11.3 Å². The molecule has 6 nitrogen and oxygen atoms in total. The number of anilines is 2. The number of carbonyl (C=O) groups excluding carboxylic acids is 1. The van der Waals surface area contributed by atoms with Crippen LogP contribution in [0.4, 0.5) is 11.4 Å². The number of nitrogen functional groups attached to an aromatic ring is 1. The average molecular weight is 271 g/mol. The Hall–Kier alpha value is -1.76. The molecule has 0 aromatic heterocycles. The van der Waals surface area contributed by atoms with E-state index >= 15 is 0 Å². The minimum absolute atomic E-state index is 0.00326. The molecule has 0 heterocycles. The SMILES string of the molecule is CC(CS(C)(=O)=O)Nc1ccc(N)c(C(N)=O)c1. The number of primary amides is 1. The molecule has 7 heteroatoms. The summed E-state index contributed by atoms with van der Waals surface area (Å²) >= 11 is 0. The summed E-state index contributed by atoms with van der Waals surface area (Å²) in [7, 11) is -3.06. The summed E-state index contributed by atoms with van der Waals surface area (Å²) in [5.74, 6) is -0.615. The lowest BCUT2D eigenvalue weighted by Gasteiger charge is -2.15. The molecule has 5 N–H and O–H groups in total. The quantitative estimate of drug-likeness (QED) is 0.662. The number of hydrogen-bond donors (Lipinski definition) is 3. The summed E-state index contributed by atoms with van der Waals surface area (Å²) in [6, 6.07) is 4.46. The molecule has 0 spiro atoms. The van der Waals surface area contributed by atoms with Gasteiger partial charge in [0, 0.05) is 23.7 Å². The number of rotatable bonds is 5. The average Bonchev–Trinajstić information content (AvgIpc) is 2.17. The third-order valence-electron chi connectivity index (χ3n) is 2.28. The van der Waals surface area contributed by atoms with Gasteiger partial charge in [-0.3, -0.25) is 4.79 Å². The Bertz CT molecular complexity index is 555. The van der Waals surface area contributed by atoms with Crippen molar-refractivity contribution >= 4 is 27.1 Å². The summed E-state index contributed by atoms with van der Waals surface area (Å²) in [5.41, 5.74) is 11.9. The second kappa shape index (κ2) is 5.26. The molecule has 1 rings (SSSR count). The monoisotopic (exact) mass is 271 g/mol. The van der Waals surface area contributed by atoms with Gasteiger partial charge in [-0.1, -0.05) is 0 Å². The van der Waals surface area contributed by atoms with E-state index in [2.05, 4.69) is 5.32 Å². The number of carbonyl (C=O) groups is 1. The first-order chi connectivity index (χ1) is 8.19. The fourth-order valence-corrected chi connectivity index (χ4v) is 2.63. The van der Waals surface area contributed by atoms with Crippen LogP contribution in [0.1, 0.15) is 17.3 Å². The largest absolute Gasteiger partial charge is 0.398 e. The molecule has 1 aromatic carbocycles. The highest BCUT2D eigenvalue weighted by Crippen LogP contribution is 2.18. The van der Waals surface area contributed by atoms with Crippen LogP contribution >= 0.6 is 0 Å². The maximum atomic E-state index is 11.1. The van der Waals surface area contributed by atoms with Crippen LogP contribution in [-0.4, -0.2) is 32.4 Å². The van der Waals surface area contributed by atoms with Crippen molar-refractivity contribution in [3.63, 3.8) is 0 Å². The lowest BCUT2D eigenvalue weighted by molar-refractivity contribution is 0.100. The van der Waals surface area contributed by atoms with Crippen LogP contribution in [0.5, 0.6) is 0 Å². The molecule has 1 aromatic rings. The standard InChI is InChI=1S/C11H17N3O3S/c1-7(6-18(2,16)17)14-8-3-4-10(12)9(5-8)11(13)15/h3-5,7,14H,6,12H2,1-2H3,(H2,13,15). The predicted octanol–water partition coefficient (Wildman–Crippen LogP) is 0.213. The molecule has 0 aliphatic heterocycles. The van der Waals surface area contributed by atoms with Crippen molar-refractivity contribution in [1.29, 1.82) is 0 Å². The Morgan fingerprint density at radius 1 is 1.44 bits per heavy atom. The van der Waals surface area contributed by atoms with E-state index in [0.717, 1.165) is 0 Å². The van der Waals surface area contributed by atoms with E-state index < -0.39 is 15.7 Å². The fraction of sp³-hybridized carbons (Fsp3) is 0.364. The highest BCUT2D eigenvalue weighted by atomic mass is 32.2. The van der Waals surface area contributed by atoms with Gasteiger partial charge in [0.25, 0.3) is 5.91 Å². The van der Waals surface area contributed by atoms with Gasteiger partial charge in [0.1, 0.15) is 9.84 Å². The molecule has 0 aliphatic carbocycles. The highest BCUT2D eigenvalue weighted by Gasteiger charge is 2.12. The molecule has 1 amide bonds. The van der Waals surface area contributed by atoms with Gasteiger partial charge >= 0.3 is 0 Å². The molecule has 1 atom stereocenters. The zero-order chi connectivity index (χ0) is 13.9. The van der Waals surface area contributed by atoms with Crippen LogP contribution in [-0.2, 0) is 9.84 Å². The smallest absolute Gasteiger partial charge is 0.250 e. The highest BCUT2D eigenvalue weighted by molar-refractivity contribution is 7.90. The molecular formula is C11H17N3O3S. The zero-order valence-electron chi connectivity index (χ0n) is 10.3. The van der Waals surface area contributed by atoms with Crippen LogP contribution in [0, 0.1) is 0 Å². The first-order valence-corrected chi connectivity index (χ1v) is 7.38. The van der Waals surface area contributed by atoms with Crippen LogP contribution < -0.4 is 16.8 Å². The van der Waals surface area contributed by atoms with Crippen LogP contribution in [0.15, 0.2) is 18.2 Å². The fourth-order valence-electron chi connectivity index (χ4n) is 1.64. The van der Waals surface area contributed by atoms with Gasteiger partial charge in [-0.25, -0.2) is 8.42 Å². The summed E-state index contributed by atoms with van der Waals surface area (Å²) in [4.78, 5) is 11.1. The Balaban J connectivity index is 2.86. The Labute approximate surface area is 106 Å². The molecule has 100 valence electrons. The number of sulfone groups is 1. The van der Waals surface area contributed by atoms with E-state index in [0.29, 0.717) is 11.4 Å². The summed E-state index contributed by atoms with van der Waals surface area (Å²) in [6.07, 6.45) is 1.17. The number of nitrogens with two attached hydrogens (primary N) is 2. The van der Waals surface area contributed by atoms with Crippen molar-refractivity contribution < 1.29 is 13.2 Å². The van der Waals surface area contributed by atoms with Crippen LogP contribution in [0.25, 0.3) is 0 Å². The minimum Gasteiger partial charge on any atom is -0.398 e. The minimum atomic E-state index is -3.06. The second-order valence-electron chi connectivity index (χ2n) is 4.30.